The van der Waals surface area contributed by atoms with Crippen LogP contribution in [0.4, 0.5) is 11.6 Å². The number of aromatic nitrogens is 3. The van der Waals surface area contributed by atoms with Gasteiger partial charge in [0.15, 0.2) is 5.82 Å². The van der Waals surface area contributed by atoms with E-state index in [-0.39, 0.29) is 0 Å². The van der Waals surface area contributed by atoms with E-state index in [0.29, 0.717) is 21.8 Å². The molecule has 0 fully saturated rings. The van der Waals surface area contributed by atoms with E-state index in [0.717, 1.165) is 16.8 Å². The molecule has 2 N–H and O–H groups in total. The molecule has 4 nitrogen and oxygen atoms in total. The maximum atomic E-state index is 6.12. The van der Waals surface area contributed by atoms with Crippen molar-refractivity contribution in [2.24, 2.45) is 0 Å². The molecule has 1 heterocycles. The summed E-state index contributed by atoms with van der Waals surface area (Å²) in [4.78, 5) is 4.40. The molecule has 0 unspecified atom stereocenters. The number of benzene rings is 2. The number of halogens is 2. The lowest BCUT2D eigenvalue weighted by Crippen LogP contribution is -1.91. The molecule has 0 amide bonds. The van der Waals surface area contributed by atoms with Crippen LogP contribution in [0.25, 0.3) is 11.4 Å². The van der Waals surface area contributed by atoms with E-state index >= 15 is 0 Å². The summed E-state index contributed by atoms with van der Waals surface area (Å²) in [6.45, 7) is 1.96. The van der Waals surface area contributed by atoms with Crippen molar-refractivity contribution in [3.63, 3.8) is 0 Å². The van der Waals surface area contributed by atoms with E-state index in [1.165, 1.54) is 0 Å². The van der Waals surface area contributed by atoms with Crippen molar-refractivity contribution in [2.45, 2.75) is 6.92 Å². The summed E-state index contributed by atoms with van der Waals surface area (Å²) in [6.07, 6.45) is 0. The van der Waals surface area contributed by atoms with Crippen molar-refractivity contribution in [1.82, 2.24) is 15.2 Å². The molecular weight excluding hydrogens is 307 g/mol. The van der Waals surface area contributed by atoms with E-state index in [1.807, 2.05) is 37.3 Å². The van der Waals surface area contributed by atoms with Gasteiger partial charge >= 0.3 is 0 Å². The smallest absolute Gasteiger partial charge is 0.246 e. The summed E-state index contributed by atoms with van der Waals surface area (Å²) in [5.74, 6) is 1.15. The summed E-state index contributed by atoms with van der Waals surface area (Å²) in [5, 5.41) is 11.5. The van der Waals surface area contributed by atoms with Crippen LogP contribution < -0.4 is 5.32 Å². The Hall–Kier alpha value is -2.04. The average molecular weight is 319 g/mol. The third kappa shape index (κ3) is 3.17. The van der Waals surface area contributed by atoms with Crippen LogP contribution in [-0.2, 0) is 0 Å². The van der Waals surface area contributed by atoms with Gasteiger partial charge in [-0.3, -0.25) is 5.10 Å². The fraction of sp³-hybridized carbons (Fsp3) is 0.0667. The highest BCUT2D eigenvalue weighted by molar-refractivity contribution is 6.31. The van der Waals surface area contributed by atoms with Gasteiger partial charge in [-0.1, -0.05) is 35.3 Å². The van der Waals surface area contributed by atoms with E-state index in [9.17, 15) is 0 Å². The molecule has 2 aromatic carbocycles. The van der Waals surface area contributed by atoms with Gasteiger partial charge in [0, 0.05) is 21.3 Å². The predicted molar refractivity (Wildman–Crippen MR) is 86.3 cm³/mol. The Bertz CT molecular complexity index is 766. The maximum absolute atomic E-state index is 6.12. The zero-order chi connectivity index (χ0) is 14.8. The lowest BCUT2D eigenvalue weighted by Gasteiger charge is -2.01. The van der Waals surface area contributed by atoms with Crippen LogP contribution in [0, 0.1) is 6.92 Å². The molecule has 0 aliphatic carbocycles. The molecular formula is C15H12Cl2N4. The molecule has 0 bridgehead atoms. The molecule has 0 atom stereocenters. The normalized spacial score (nSPS) is 10.6. The Morgan fingerprint density at radius 3 is 2.52 bits per heavy atom. The van der Waals surface area contributed by atoms with Gasteiger partial charge in [0.2, 0.25) is 5.95 Å². The fourth-order valence-electron chi connectivity index (χ4n) is 1.85. The number of hydrogen-bond donors (Lipinski definition) is 2. The van der Waals surface area contributed by atoms with Crippen molar-refractivity contribution in [3.8, 4) is 11.4 Å². The minimum Gasteiger partial charge on any atom is -0.323 e. The van der Waals surface area contributed by atoms with E-state index in [1.54, 1.807) is 12.1 Å². The zero-order valence-corrected chi connectivity index (χ0v) is 12.7. The average Bonchev–Trinajstić information content (AvgIpc) is 2.93. The van der Waals surface area contributed by atoms with E-state index in [2.05, 4.69) is 20.5 Å². The van der Waals surface area contributed by atoms with Gasteiger partial charge < -0.3 is 5.32 Å². The summed E-state index contributed by atoms with van der Waals surface area (Å²) in [7, 11) is 0. The highest BCUT2D eigenvalue weighted by Gasteiger charge is 2.07. The first-order chi connectivity index (χ1) is 10.1. The number of nitrogens with one attached hydrogen (secondary N) is 2. The molecule has 1 aromatic heterocycles. The van der Waals surface area contributed by atoms with Gasteiger partial charge in [0.05, 0.1) is 0 Å². The maximum Gasteiger partial charge on any atom is 0.246 e. The minimum absolute atomic E-state index is 0.490. The highest BCUT2D eigenvalue weighted by Crippen LogP contribution is 2.24. The molecule has 0 spiro atoms. The second-order valence-electron chi connectivity index (χ2n) is 4.60. The summed E-state index contributed by atoms with van der Waals surface area (Å²) in [6, 6.07) is 13.1. The Kier molecular flexibility index (Phi) is 3.82. The standard InChI is InChI=1S/C15H12Cl2N4/c1-9-2-3-10(8-13(9)17)14-19-15(21-20-14)18-12-6-4-11(16)5-7-12/h2-8H,1H3,(H2,18,19,20,21). The van der Waals surface area contributed by atoms with Crippen LogP contribution in [0.15, 0.2) is 42.5 Å². The van der Waals surface area contributed by atoms with Crippen molar-refractivity contribution >= 4 is 34.8 Å². The number of aromatic amines is 1. The number of anilines is 2. The first-order valence-electron chi connectivity index (χ1n) is 6.33. The molecule has 106 valence electrons. The predicted octanol–water partition coefficient (Wildman–Crippen LogP) is 4.83. The Morgan fingerprint density at radius 2 is 1.81 bits per heavy atom. The molecule has 3 aromatic rings. The van der Waals surface area contributed by atoms with Crippen molar-refractivity contribution in [2.75, 3.05) is 5.32 Å². The van der Waals surface area contributed by atoms with Crippen LogP contribution >= 0.6 is 23.2 Å². The Labute approximate surface area is 132 Å². The van der Waals surface area contributed by atoms with Crippen LogP contribution in [0.5, 0.6) is 0 Å². The molecule has 0 saturated heterocycles. The van der Waals surface area contributed by atoms with Crippen LogP contribution in [0.2, 0.25) is 10.0 Å². The van der Waals surface area contributed by atoms with Crippen molar-refractivity contribution in [3.05, 3.63) is 58.1 Å². The van der Waals surface area contributed by atoms with Gasteiger partial charge in [-0.15, -0.1) is 5.10 Å². The first-order valence-corrected chi connectivity index (χ1v) is 7.09. The molecule has 3 rings (SSSR count). The number of H-pyrrole nitrogens is 1. The van der Waals surface area contributed by atoms with Gasteiger partial charge in [-0.2, -0.15) is 4.98 Å². The number of aryl methyl sites for hydroxylation is 1. The summed E-state index contributed by atoms with van der Waals surface area (Å²) < 4.78 is 0. The number of rotatable bonds is 3. The molecule has 21 heavy (non-hydrogen) atoms. The molecule has 0 saturated carbocycles. The lowest BCUT2D eigenvalue weighted by molar-refractivity contribution is 1.10. The molecule has 0 aliphatic heterocycles. The van der Waals surface area contributed by atoms with E-state index in [4.69, 9.17) is 23.2 Å². The van der Waals surface area contributed by atoms with Crippen molar-refractivity contribution < 1.29 is 0 Å². The van der Waals surface area contributed by atoms with Gasteiger partial charge in [0.25, 0.3) is 0 Å². The SMILES string of the molecule is Cc1ccc(-c2nc(Nc3ccc(Cl)cc3)n[nH]2)cc1Cl. The monoisotopic (exact) mass is 318 g/mol. The van der Waals surface area contributed by atoms with E-state index < -0.39 is 0 Å². The topological polar surface area (TPSA) is 53.6 Å². The molecule has 0 aliphatic rings. The van der Waals surface area contributed by atoms with Gasteiger partial charge in [0.1, 0.15) is 0 Å². The number of nitrogens with zero attached hydrogens (tertiary/aromatic N) is 2. The fourth-order valence-corrected chi connectivity index (χ4v) is 2.16. The number of hydrogen-bond acceptors (Lipinski definition) is 3. The van der Waals surface area contributed by atoms with Crippen LogP contribution in [0.1, 0.15) is 5.56 Å². The largest absolute Gasteiger partial charge is 0.323 e. The Balaban J connectivity index is 1.82. The molecule has 0 radical (unpaired) electrons. The van der Waals surface area contributed by atoms with Crippen LogP contribution in [0.3, 0.4) is 0 Å². The molecule has 6 heteroatoms. The Morgan fingerprint density at radius 1 is 1.05 bits per heavy atom. The van der Waals surface area contributed by atoms with Gasteiger partial charge in [-0.25, -0.2) is 0 Å². The second-order valence-corrected chi connectivity index (χ2v) is 5.45. The highest BCUT2D eigenvalue weighted by atomic mass is 35.5. The first kappa shape index (κ1) is 13.9. The summed E-state index contributed by atoms with van der Waals surface area (Å²) >= 11 is 12.0. The third-order valence-electron chi connectivity index (χ3n) is 3.03. The van der Waals surface area contributed by atoms with Crippen molar-refractivity contribution in [1.29, 1.82) is 0 Å². The third-order valence-corrected chi connectivity index (χ3v) is 3.69. The minimum atomic E-state index is 0.490. The second kappa shape index (κ2) is 5.76. The van der Waals surface area contributed by atoms with Crippen LogP contribution in [-0.4, -0.2) is 15.2 Å². The quantitative estimate of drug-likeness (QED) is 0.727. The zero-order valence-electron chi connectivity index (χ0n) is 11.2. The summed E-state index contributed by atoms with van der Waals surface area (Å²) in [5.41, 5.74) is 2.79. The van der Waals surface area contributed by atoms with Gasteiger partial charge in [-0.05, 0) is 42.8 Å². The lowest BCUT2D eigenvalue weighted by atomic mass is 10.1.